The summed E-state index contributed by atoms with van der Waals surface area (Å²) in [6.07, 6.45) is 3.14. The van der Waals surface area contributed by atoms with Crippen LogP contribution in [0.2, 0.25) is 0 Å². The van der Waals surface area contributed by atoms with Gasteiger partial charge in [-0.3, -0.25) is 9.59 Å². The van der Waals surface area contributed by atoms with Crippen LogP contribution in [-0.4, -0.2) is 16.8 Å². The zero-order valence-corrected chi connectivity index (χ0v) is 20.0. The Labute approximate surface area is 214 Å². The van der Waals surface area contributed by atoms with E-state index in [0.717, 1.165) is 39.0 Å². The standard InChI is InChI=1S/C31H24N4O2/c1-2-30(36)33-24-10-13-28-29(18-24)35(19-20-6-4-3-5-7-20)31(37)25-17-22(9-12-27(25)34-28)21-8-11-26-23(16-21)14-15-32-26/h2-18,32,34H,1,19H2,(H,33,36). The Morgan fingerprint density at radius 1 is 0.892 bits per heavy atom. The van der Waals surface area contributed by atoms with Crippen LogP contribution in [-0.2, 0) is 11.3 Å². The lowest BCUT2D eigenvalue weighted by Crippen LogP contribution is -2.30. The molecule has 1 aliphatic heterocycles. The summed E-state index contributed by atoms with van der Waals surface area (Å²) in [7, 11) is 0. The predicted molar refractivity (Wildman–Crippen MR) is 149 cm³/mol. The van der Waals surface area contributed by atoms with E-state index in [2.05, 4.69) is 34.3 Å². The van der Waals surface area contributed by atoms with Crippen LogP contribution in [0.1, 0.15) is 15.9 Å². The van der Waals surface area contributed by atoms with E-state index in [1.165, 1.54) is 6.08 Å². The largest absolute Gasteiger partial charge is 0.361 e. The number of hydrogen-bond donors (Lipinski definition) is 3. The van der Waals surface area contributed by atoms with Gasteiger partial charge in [0.15, 0.2) is 0 Å². The molecule has 5 aromatic rings. The number of nitrogens with zero attached hydrogens (tertiary/aromatic N) is 1. The van der Waals surface area contributed by atoms with Gasteiger partial charge in [-0.15, -0.1) is 0 Å². The molecule has 0 saturated carbocycles. The van der Waals surface area contributed by atoms with Gasteiger partial charge in [0.1, 0.15) is 0 Å². The first kappa shape index (κ1) is 22.4. The normalized spacial score (nSPS) is 12.3. The van der Waals surface area contributed by atoms with Gasteiger partial charge in [0.05, 0.1) is 29.2 Å². The molecular formula is C31H24N4O2. The summed E-state index contributed by atoms with van der Waals surface area (Å²) in [5.41, 5.74) is 7.42. The van der Waals surface area contributed by atoms with Crippen LogP contribution in [0.25, 0.3) is 22.0 Å². The predicted octanol–water partition coefficient (Wildman–Crippen LogP) is 6.86. The summed E-state index contributed by atoms with van der Waals surface area (Å²) in [4.78, 5) is 31.0. The molecule has 0 fully saturated rings. The lowest BCUT2D eigenvalue weighted by Gasteiger charge is -2.24. The van der Waals surface area contributed by atoms with Gasteiger partial charge in [-0.2, -0.15) is 0 Å². The average Bonchev–Trinajstić information content (AvgIpc) is 3.37. The van der Waals surface area contributed by atoms with Gasteiger partial charge in [0.25, 0.3) is 5.91 Å². The van der Waals surface area contributed by atoms with Crippen molar-refractivity contribution in [2.24, 2.45) is 0 Å². The summed E-state index contributed by atoms with van der Waals surface area (Å²) in [6, 6.07) is 29.6. The highest BCUT2D eigenvalue weighted by molar-refractivity contribution is 6.14. The first-order chi connectivity index (χ1) is 18.1. The maximum atomic E-state index is 14.1. The Morgan fingerprint density at radius 3 is 2.51 bits per heavy atom. The van der Waals surface area contributed by atoms with Crippen LogP contribution in [0.4, 0.5) is 22.7 Å². The fourth-order valence-corrected chi connectivity index (χ4v) is 4.70. The van der Waals surface area contributed by atoms with Gasteiger partial charge >= 0.3 is 0 Å². The molecule has 6 heteroatoms. The SMILES string of the molecule is C=CC(=O)Nc1ccc2c(c1)N(Cc1ccccc1)C(=O)c1cc(-c3ccc4[nH]ccc4c3)ccc1N2. The number of carbonyl (C=O) groups excluding carboxylic acids is 2. The molecule has 2 heterocycles. The summed E-state index contributed by atoms with van der Waals surface area (Å²) < 4.78 is 0. The van der Waals surface area contributed by atoms with Gasteiger partial charge in [0.2, 0.25) is 5.91 Å². The number of rotatable bonds is 5. The Kier molecular flexibility index (Phi) is 5.54. The number of benzene rings is 4. The highest BCUT2D eigenvalue weighted by atomic mass is 16.2. The van der Waals surface area contributed by atoms with Gasteiger partial charge in [-0.25, -0.2) is 0 Å². The van der Waals surface area contributed by atoms with Crippen molar-refractivity contribution in [1.82, 2.24) is 4.98 Å². The molecule has 0 aliphatic carbocycles. The Balaban J connectivity index is 1.45. The zero-order chi connectivity index (χ0) is 25.4. The van der Waals surface area contributed by atoms with Crippen LogP contribution in [0, 0.1) is 0 Å². The molecule has 1 aromatic heterocycles. The highest BCUT2D eigenvalue weighted by Crippen LogP contribution is 2.39. The highest BCUT2D eigenvalue weighted by Gasteiger charge is 2.28. The fourth-order valence-electron chi connectivity index (χ4n) is 4.70. The van der Waals surface area contributed by atoms with Gasteiger partial charge in [0, 0.05) is 17.4 Å². The van der Waals surface area contributed by atoms with E-state index >= 15 is 0 Å². The number of H-pyrrole nitrogens is 1. The van der Waals surface area contributed by atoms with E-state index in [4.69, 9.17) is 0 Å². The topological polar surface area (TPSA) is 77.2 Å². The third-order valence-electron chi connectivity index (χ3n) is 6.58. The minimum atomic E-state index is -0.310. The van der Waals surface area contributed by atoms with Crippen molar-refractivity contribution in [3.8, 4) is 11.1 Å². The minimum absolute atomic E-state index is 0.123. The van der Waals surface area contributed by atoms with Crippen molar-refractivity contribution in [3.63, 3.8) is 0 Å². The first-order valence-electron chi connectivity index (χ1n) is 12.0. The second kappa shape index (κ2) is 9.17. The number of aromatic nitrogens is 1. The summed E-state index contributed by atoms with van der Waals surface area (Å²) in [5, 5.41) is 7.36. The molecule has 0 atom stereocenters. The number of aromatic amines is 1. The van der Waals surface area contributed by atoms with Gasteiger partial charge in [-0.1, -0.05) is 49.0 Å². The van der Waals surface area contributed by atoms with Crippen LogP contribution >= 0.6 is 0 Å². The quantitative estimate of drug-likeness (QED) is 0.238. The number of anilines is 4. The smallest absolute Gasteiger partial charge is 0.260 e. The molecule has 0 radical (unpaired) electrons. The molecular weight excluding hydrogens is 460 g/mol. The van der Waals surface area contributed by atoms with Crippen LogP contribution in [0.5, 0.6) is 0 Å². The fraction of sp³-hybridized carbons (Fsp3) is 0.0323. The molecule has 0 unspecified atom stereocenters. The van der Waals surface area contributed by atoms with Crippen LogP contribution in [0.15, 0.2) is 110 Å². The molecule has 180 valence electrons. The van der Waals surface area contributed by atoms with E-state index in [1.807, 2.05) is 85.1 Å². The minimum Gasteiger partial charge on any atom is -0.361 e. The summed E-state index contributed by atoms with van der Waals surface area (Å²) in [5.74, 6) is -0.434. The van der Waals surface area contributed by atoms with Crippen molar-refractivity contribution in [2.75, 3.05) is 15.5 Å². The Morgan fingerprint density at radius 2 is 1.68 bits per heavy atom. The zero-order valence-electron chi connectivity index (χ0n) is 20.0. The number of hydrogen-bond acceptors (Lipinski definition) is 3. The first-order valence-corrected chi connectivity index (χ1v) is 12.0. The number of fused-ring (bicyclic) bond motifs is 3. The van der Waals surface area contributed by atoms with Crippen molar-refractivity contribution in [2.45, 2.75) is 6.54 Å². The number of amides is 2. The lowest BCUT2D eigenvalue weighted by molar-refractivity contribution is -0.111. The monoisotopic (exact) mass is 484 g/mol. The number of nitrogens with one attached hydrogen (secondary N) is 3. The maximum absolute atomic E-state index is 14.1. The van der Waals surface area contributed by atoms with Crippen LogP contribution in [0.3, 0.4) is 0 Å². The Bertz CT molecular complexity index is 1670. The lowest BCUT2D eigenvalue weighted by atomic mass is 10.00. The number of carbonyl (C=O) groups is 2. The summed E-state index contributed by atoms with van der Waals surface area (Å²) in [6.45, 7) is 3.91. The van der Waals surface area contributed by atoms with Crippen molar-refractivity contribution in [1.29, 1.82) is 0 Å². The van der Waals surface area contributed by atoms with Crippen LogP contribution < -0.4 is 15.5 Å². The molecule has 2 amide bonds. The van der Waals surface area contributed by atoms with E-state index in [-0.39, 0.29) is 11.8 Å². The second-order valence-electron chi connectivity index (χ2n) is 8.97. The van der Waals surface area contributed by atoms with Gasteiger partial charge in [-0.05, 0) is 76.7 Å². The molecule has 6 rings (SSSR count). The molecule has 6 nitrogen and oxygen atoms in total. The van der Waals surface area contributed by atoms with Crippen molar-refractivity contribution in [3.05, 3.63) is 121 Å². The molecule has 37 heavy (non-hydrogen) atoms. The third-order valence-corrected chi connectivity index (χ3v) is 6.58. The van der Waals surface area contributed by atoms with Crippen molar-refractivity contribution < 1.29 is 9.59 Å². The molecule has 0 saturated heterocycles. The molecule has 0 bridgehead atoms. The molecule has 0 spiro atoms. The second-order valence-corrected chi connectivity index (χ2v) is 8.97. The summed E-state index contributed by atoms with van der Waals surface area (Å²) >= 11 is 0. The average molecular weight is 485 g/mol. The third kappa shape index (κ3) is 4.25. The molecule has 3 N–H and O–H groups in total. The van der Waals surface area contributed by atoms with E-state index in [1.54, 1.807) is 4.90 Å². The van der Waals surface area contributed by atoms with E-state index in [0.29, 0.717) is 23.5 Å². The van der Waals surface area contributed by atoms with Crippen molar-refractivity contribution >= 4 is 45.5 Å². The van der Waals surface area contributed by atoms with Gasteiger partial charge < -0.3 is 20.5 Å². The van der Waals surface area contributed by atoms with E-state index in [9.17, 15) is 9.59 Å². The maximum Gasteiger partial charge on any atom is 0.260 e. The van der Waals surface area contributed by atoms with E-state index < -0.39 is 0 Å². The molecule has 4 aromatic carbocycles. The Hall–Kier alpha value is -5.10. The molecule has 1 aliphatic rings.